The molecule has 0 radical (unpaired) electrons. The van der Waals surface area contributed by atoms with Crippen molar-refractivity contribution >= 4 is 16.9 Å². The van der Waals surface area contributed by atoms with Gasteiger partial charge in [0.15, 0.2) is 0 Å². The van der Waals surface area contributed by atoms with Gasteiger partial charge < -0.3 is 19.3 Å². The highest BCUT2D eigenvalue weighted by Gasteiger charge is 2.12. The predicted octanol–water partition coefficient (Wildman–Crippen LogP) is 5.77. The molecule has 0 aliphatic carbocycles. The zero-order valence-corrected chi connectivity index (χ0v) is 19.5. The Labute approximate surface area is 196 Å². The zero-order valence-electron chi connectivity index (χ0n) is 19.5. The van der Waals surface area contributed by atoms with E-state index in [1.807, 2.05) is 54.6 Å². The normalized spacial score (nSPS) is 14.2. The molecule has 0 unspecified atom stereocenters. The lowest BCUT2D eigenvalue weighted by Gasteiger charge is -2.26. The van der Waals surface area contributed by atoms with Crippen LogP contribution in [-0.4, -0.2) is 55.7 Å². The van der Waals surface area contributed by atoms with Crippen LogP contribution in [0.3, 0.4) is 0 Å². The number of rotatable bonds is 9. The molecule has 1 fully saturated rings. The van der Waals surface area contributed by atoms with E-state index >= 15 is 0 Å². The van der Waals surface area contributed by atoms with Gasteiger partial charge in [-0.15, -0.1) is 0 Å². The molecule has 5 heteroatoms. The highest BCUT2D eigenvalue weighted by atomic mass is 16.6. The van der Waals surface area contributed by atoms with Gasteiger partial charge in [-0.1, -0.05) is 48.9 Å². The van der Waals surface area contributed by atoms with Crippen LogP contribution in [0, 0.1) is 0 Å². The van der Waals surface area contributed by atoms with E-state index in [1.165, 1.54) is 37.9 Å². The summed E-state index contributed by atoms with van der Waals surface area (Å²) < 4.78 is 11.6. The van der Waals surface area contributed by atoms with E-state index < -0.39 is 0 Å². The van der Waals surface area contributed by atoms with Crippen molar-refractivity contribution in [2.75, 3.05) is 39.8 Å². The van der Waals surface area contributed by atoms with Gasteiger partial charge in [0.05, 0.1) is 6.61 Å². The number of fused-ring (bicyclic) bond motifs is 1. The molecule has 1 aliphatic heterocycles. The van der Waals surface area contributed by atoms with E-state index in [0.29, 0.717) is 12.3 Å². The molecular weight excluding hydrogens is 412 g/mol. The highest BCUT2D eigenvalue weighted by molar-refractivity contribution is 5.86. The van der Waals surface area contributed by atoms with Crippen LogP contribution in [0.25, 0.3) is 10.8 Å². The van der Waals surface area contributed by atoms with E-state index in [-0.39, 0.29) is 6.09 Å². The first-order valence-electron chi connectivity index (χ1n) is 12.0. The number of piperidine rings is 1. The number of likely N-dealkylation sites (tertiary alicyclic amines) is 1. The third-order valence-corrected chi connectivity index (χ3v) is 6.21. The number of hydrogen-bond donors (Lipinski definition) is 0. The molecule has 5 nitrogen and oxygen atoms in total. The van der Waals surface area contributed by atoms with E-state index in [2.05, 4.69) is 17.0 Å². The topological polar surface area (TPSA) is 42.0 Å². The number of nitrogens with zero attached hydrogens (tertiary/aromatic N) is 2. The first kappa shape index (κ1) is 23.1. The van der Waals surface area contributed by atoms with Crippen LogP contribution in [0.5, 0.6) is 11.5 Å². The Morgan fingerprint density at radius 2 is 1.61 bits per heavy atom. The van der Waals surface area contributed by atoms with Gasteiger partial charge in [-0.3, -0.25) is 0 Å². The van der Waals surface area contributed by atoms with E-state index in [0.717, 1.165) is 42.5 Å². The van der Waals surface area contributed by atoms with Gasteiger partial charge in [-0.25, -0.2) is 4.79 Å². The van der Waals surface area contributed by atoms with Crippen molar-refractivity contribution in [3.63, 3.8) is 0 Å². The Hall–Kier alpha value is -3.05. The van der Waals surface area contributed by atoms with Crippen molar-refractivity contribution in [3.05, 3.63) is 72.3 Å². The number of amides is 1. The molecule has 0 aromatic heterocycles. The molecule has 1 aliphatic rings. The first-order valence-corrected chi connectivity index (χ1v) is 12.0. The quantitative estimate of drug-likeness (QED) is 0.392. The lowest BCUT2D eigenvalue weighted by atomic mass is 10.1. The fourth-order valence-electron chi connectivity index (χ4n) is 4.23. The zero-order chi connectivity index (χ0) is 22.9. The molecule has 0 atom stereocenters. The molecule has 4 rings (SSSR count). The average Bonchev–Trinajstić information content (AvgIpc) is 2.86. The SMILES string of the molecule is CN(CCc1ccccc1)C(=O)Oc1ccc2cc(OCCCN3CCCCC3)ccc2c1. The van der Waals surface area contributed by atoms with Crippen LogP contribution in [0.1, 0.15) is 31.2 Å². The maximum absolute atomic E-state index is 12.5. The van der Waals surface area contributed by atoms with Gasteiger partial charge in [-0.2, -0.15) is 0 Å². The number of carbonyl (C=O) groups excluding carboxylic acids is 1. The Morgan fingerprint density at radius 1 is 0.909 bits per heavy atom. The van der Waals surface area contributed by atoms with Crippen molar-refractivity contribution in [2.24, 2.45) is 0 Å². The maximum Gasteiger partial charge on any atom is 0.414 e. The van der Waals surface area contributed by atoms with Crippen LogP contribution >= 0.6 is 0 Å². The predicted molar refractivity (Wildman–Crippen MR) is 133 cm³/mol. The fraction of sp³-hybridized carbons (Fsp3) is 0.393. The summed E-state index contributed by atoms with van der Waals surface area (Å²) in [5, 5.41) is 2.09. The minimum absolute atomic E-state index is 0.348. The van der Waals surface area contributed by atoms with Crippen molar-refractivity contribution in [3.8, 4) is 11.5 Å². The summed E-state index contributed by atoms with van der Waals surface area (Å²) in [5.41, 5.74) is 1.20. The molecular formula is C28H34N2O3. The summed E-state index contributed by atoms with van der Waals surface area (Å²) in [6.45, 7) is 4.90. The molecule has 174 valence electrons. The van der Waals surface area contributed by atoms with Gasteiger partial charge in [0.1, 0.15) is 11.5 Å². The van der Waals surface area contributed by atoms with E-state index in [9.17, 15) is 4.79 Å². The van der Waals surface area contributed by atoms with Crippen LogP contribution in [0.2, 0.25) is 0 Å². The second-order valence-corrected chi connectivity index (χ2v) is 8.80. The number of ether oxygens (including phenoxy) is 2. The second-order valence-electron chi connectivity index (χ2n) is 8.80. The molecule has 1 heterocycles. The molecule has 0 spiro atoms. The molecule has 3 aromatic carbocycles. The van der Waals surface area contributed by atoms with Gasteiger partial charge in [0.2, 0.25) is 0 Å². The molecule has 33 heavy (non-hydrogen) atoms. The van der Waals surface area contributed by atoms with E-state index in [4.69, 9.17) is 9.47 Å². The molecule has 0 saturated carbocycles. The Kier molecular flexibility index (Phi) is 8.20. The smallest absolute Gasteiger partial charge is 0.414 e. The summed E-state index contributed by atoms with van der Waals surface area (Å²) in [7, 11) is 1.77. The lowest BCUT2D eigenvalue weighted by molar-refractivity contribution is 0.163. The fourth-order valence-corrected chi connectivity index (χ4v) is 4.23. The Morgan fingerprint density at radius 3 is 2.36 bits per heavy atom. The summed E-state index contributed by atoms with van der Waals surface area (Å²) in [4.78, 5) is 16.6. The van der Waals surface area contributed by atoms with Crippen molar-refractivity contribution in [1.29, 1.82) is 0 Å². The maximum atomic E-state index is 12.5. The van der Waals surface area contributed by atoms with Crippen molar-refractivity contribution < 1.29 is 14.3 Å². The number of benzene rings is 3. The monoisotopic (exact) mass is 446 g/mol. The highest BCUT2D eigenvalue weighted by Crippen LogP contribution is 2.25. The van der Waals surface area contributed by atoms with Crippen molar-refractivity contribution in [1.82, 2.24) is 9.80 Å². The summed E-state index contributed by atoms with van der Waals surface area (Å²) >= 11 is 0. The van der Waals surface area contributed by atoms with Crippen LogP contribution < -0.4 is 9.47 Å². The summed E-state index contributed by atoms with van der Waals surface area (Å²) in [6, 6.07) is 21.9. The van der Waals surface area contributed by atoms with Crippen LogP contribution in [0.4, 0.5) is 4.79 Å². The van der Waals surface area contributed by atoms with Gasteiger partial charge >= 0.3 is 6.09 Å². The summed E-state index contributed by atoms with van der Waals surface area (Å²) in [6.07, 6.45) is 5.52. The van der Waals surface area contributed by atoms with Gasteiger partial charge in [0, 0.05) is 20.1 Å². The summed E-state index contributed by atoms with van der Waals surface area (Å²) in [5.74, 6) is 1.43. The molecule has 1 saturated heterocycles. The van der Waals surface area contributed by atoms with Gasteiger partial charge in [0.25, 0.3) is 0 Å². The molecule has 1 amide bonds. The Balaban J connectivity index is 1.25. The third-order valence-electron chi connectivity index (χ3n) is 6.21. The average molecular weight is 447 g/mol. The first-order chi connectivity index (χ1) is 16.2. The minimum Gasteiger partial charge on any atom is -0.494 e. The second kappa shape index (κ2) is 11.7. The Bertz CT molecular complexity index is 1030. The standard InChI is InChI=1S/C28H34N2O3/c1-29(19-15-23-9-4-2-5-10-23)28(31)33-27-14-12-24-21-26(13-11-25(24)22-27)32-20-8-18-30-16-6-3-7-17-30/h2,4-5,9-14,21-22H,3,6-8,15-20H2,1H3. The molecule has 0 bridgehead atoms. The van der Waals surface area contributed by atoms with Crippen LogP contribution in [-0.2, 0) is 6.42 Å². The van der Waals surface area contributed by atoms with Crippen molar-refractivity contribution in [2.45, 2.75) is 32.1 Å². The lowest BCUT2D eigenvalue weighted by Crippen LogP contribution is -2.31. The van der Waals surface area contributed by atoms with E-state index in [1.54, 1.807) is 11.9 Å². The van der Waals surface area contributed by atoms with Gasteiger partial charge in [-0.05, 0) is 79.4 Å². The number of likely N-dealkylation sites (N-methyl/N-ethyl adjacent to an activating group) is 1. The minimum atomic E-state index is -0.348. The third kappa shape index (κ3) is 6.96. The number of hydrogen-bond acceptors (Lipinski definition) is 4. The largest absolute Gasteiger partial charge is 0.494 e. The number of carbonyl (C=O) groups is 1. The molecule has 3 aromatic rings. The molecule has 0 N–H and O–H groups in total. The van der Waals surface area contributed by atoms with Crippen LogP contribution in [0.15, 0.2) is 66.7 Å².